The molecule has 0 bridgehead atoms. The van der Waals surface area contributed by atoms with Gasteiger partial charge in [0, 0.05) is 13.1 Å². The van der Waals surface area contributed by atoms with Crippen LogP contribution in [-0.2, 0) is 10.0 Å². The average molecular weight is 256 g/mol. The number of hydrogen-bond donors (Lipinski definition) is 1. The number of nitrogens with two attached hydrogens (primary N) is 1. The average Bonchev–Trinajstić information content (AvgIpc) is 2.21. The SMILES string of the molecule is Cc1cc(N)c(S(=O)(=O)N(C)C(C)C)cc1C. The lowest BCUT2D eigenvalue weighted by atomic mass is 10.1. The molecule has 0 unspecified atom stereocenters. The summed E-state index contributed by atoms with van der Waals surface area (Å²) >= 11 is 0. The van der Waals surface area contributed by atoms with Gasteiger partial charge in [0.15, 0.2) is 0 Å². The van der Waals surface area contributed by atoms with E-state index >= 15 is 0 Å². The standard InChI is InChI=1S/C12H20N2O2S/c1-8(2)14(5)17(15,16)12-7-10(4)9(3)6-11(12)13/h6-8H,13H2,1-5H3. The molecule has 0 amide bonds. The number of anilines is 1. The highest BCUT2D eigenvalue weighted by Crippen LogP contribution is 2.25. The van der Waals surface area contributed by atoms with E-state index in [9.17, 15) is 8.42 Å². The highest BCUT2D eigenvalue weighted by Gasteiger charge is 2.25. The summed E-state index contributed by atoms with van der Waals surface area (Å²) in [6.45, 7) is 7.45. The van der Waals surface area contributed by atoms with Gasteiger partial charge in [-0.05, 0) is 51.0 Å². The van der Waals surface area contributed by atoms with E-state index in [0.717, 1.165) is 11.1 Å². The van der Waals surface area contributed by atoms with Crippen molar-refractivity contribution in [3.63, 3.8) is 0 Å². The smallest absolute Gasteiger partial charge is 0.245 e. The number of aryl methyl sites for hydroxylation is 2. The van der Waals surface area contributed by atoms with Crippen LogP contribution in [0.2, 0.25) is 0 Å². The number of nitrogens with zero attached hydrogens (tertiary/aromatic N) is 1. The van der Waals surface area contributed by atoms with Gasteiger partial charge in [-0.15, -0.1) is 0 Å². The Labute approximate surface area is 103 Å². The number of benzene rings is 1. The molecule has 0 aromatic heterocycles. The lowest BCUT2D eigenvalue weighted by Crippen LogP contribution is -2.33. The minimum Gasteiger partial charge on any atom is -0.398 e. The lowest BCUT2D eigenvalue weighted by molar-refractivity contribution is 0.411. The Balaban J connectivity index is 3.39. The lowest BCUT2D eigenvalue weighted by Gasteiger charge is -2.22. The molecule has 0 spiro atoms. The van der Waals surface area contributed by atoms with Crippen LogP contribution in [-0.4, -0.2) is 25.8 Å². The van der Waals surface area contributed by atoms with E-state index in [1.54, 1.807) is 19.2 Å². The van der Waals surface area contributed by atoms with Crippen molar-refractivity contribution in [2.45, 2.75) is 38.6 Å². The second-order valence-electron chi connectivity index (χ2n) is 4.59. The maximum atomic E-state index is 12.3. The van der Waals surface area contributed by atoms with Crippen molar-refractivity contribution in [1.82, 2.24) is 4.31 Å². The summed E-state index contributed by atoms with van der Waals surface area (Å²) in [6, 6.07) is 3.25. The maximum Gasteiger partial charge on any atom is 0.245 e. The second kappa shape index (κ2) is 4.66. The zero-order valence-electron chi connectivity index (χ0n) is 11.0. The van der Waals surface area contributed by atoms with Crippen LogP contribution < -0.4 is 5.73 Å². The zero-order valence-corrected chi connectivity index (χ0v) is 11.8. The third kappa shape index (κ3) is 2.61. The van der Waals surface area contributed by atoms with Gasteiger partial charge in [-0.2, -0.15) is 4.31 Å². The van der Waals surface area contributed by atoms with E-state index in [1.165, 1.54) is 4.31 Å². The first kappa shape index (κ1) is 14.0. The molecule has 0 radical (unpaired) electrons. The van der Waals surface area contributed by atoms with Gasteiger partial charge in [-0.25, -0.2) is 8.42 Å². The molecule has 2 N–H and O–H groups in total. The fourth-order valence-corrected chi connectivity index (χ4v) is 3.02. The number of hydrogen-bond acceptors (Lipinski definition) is 3. The molecule has 0 heterocycles. The molecular formula is C12H20N2O2S. The van der Waals surface area contributed by atoms with Gasteiger partial charge < -0.3 is 5.73 Å². The van der Waals surface area contributed by atoms with Crippen molar-refractivity contribution in [1.29, 1.82) is 0 Å². The summed E-state index contributed by atoms with van der Waals surface area (Å²) in [5.41, 5.74) is 8.03. The number of rotatable bonds is 3. The first-order valence-electron chi connectivity index (χ1n) is 5.52. The summed E-state index contributed by atoms with van der Waals surface area (Å²) < 4.78 is 25.9. The van der Waals surface area contributed by atoms with Crippen molar-refractivity contribution in [3.05, 3.63) is 23.3 Å². The molecule has 4 nitrogen and oxygen atoms in total. The van der Waals surface area contributed by atoms with Gasteiger partial charge in [0.2, 0.25) is 10.0 Å². The largest absolute Gasteiger partial charge is 0.398 e. The monoisotopic (exact) mass is 256 g/mol. The molecule has 0 aliphatic rings. The molecular weight excluding hydrogens is 236 g/mol. The molecule has 96 valence electrons. The van der Waals surface area contributed by atoms with Gasteiger partial charge in [-0.3, -0.25) is 0 Å². The number of sulfonamides is 1. The summed E-state index contributed by atoms with van der Waals surface area (Å²) in [5, 5.41) is 0. The minimum atomic E-state index is -3.50. The third-order valence-corrected chi connectivity index (χ3v) is 5.10. The highest BCUT2D eigenvalue weighted by atomic mass is 32.2. The topological polar surface area (TPSA) is 63.4 Å². The van der Waals surface area contributed by atoms with Crippen molar-refractivity contribution in [2.75, 3.05) is 12.8 Å². The van der Waals surface area contributed by atoms with E-state index in [4.69, 9.17) is 5.73 Å². The van der Waals surface area contributed by atoms with E-state index in [0.29, 0.717) is 5.69 Å². The van der Waals surface area contributed by atoms with Crippen LogP contribution in [0.4, 0.5) is 5.69 Å². The molecule has 5 heteroatoms. The molecule has 0 atom stereocenters. The summed E-state index contributed by atoms with van der Waals surface area (Å²) in [7, 11) is -1.94. The second-order valence-corrected chi connectivity index (χ2v) is 6.56. The Morgan fingerprint density at radius 1 is 1.18 bits per heavy atom. The van der Waals surface area contributed by atoms with Crippen LogP contribution in [0.3, 0.4) is 0 Å². The van der Waals surface area contributed by atoms with Gasteiger partial charge in [0.05, 0.1) is 5.69 Å². The molecule has 0 fully saturated rings. The van der Waals surface area contributed by atoms with Crippen LogP contribution in [0.1, 0.15) is 25.0 Å². The van der Waals surface area contributed by atoms with Gasteiger partial charge in [-0.1, -0.05) is 0 Å². The Morgan fingerprint density at radius 2 is 1.65 bits per heavy atom. The van der Waals surface area contributed by atoms with Crippen molar-refractivity contribution in [3.8, 4) is 0 Å². The van der Waals surface area contributed by atoms with Crippen LogP contribution in [0, 0.1) is 13.8 Å². The zero-order chi connectivity index (χ0) is 13.4. The van der Waals surface area contributed by atoms with Crippen LogP contribution in [0.25, 0.3) is 0 Å². The molecule has 1 rings (SSSR count). The van der Waals surface area contributed by atoms with Gasteiger partial charge in [0.25, 0.3) is 0 Å². The molecule has 0 saturated heterocycles. The first-order valence-corrected chi connectivity index (χ1v) is 6.96. The Hall–Kier alpha value is -1.07. The minimum absolute atomic E-state index is 0.0963. The molecule has 1 aromatic carbocycles. The van der Waals surface area contributed by atoms with Crippen molar-refractivity contribution >= 4 is 15.7 Å². The van der Waals surface area contributed by atoms with Gasteiger partial charge in [0.1, 0.15) is 4.90 Å². The van der Waals surface area contributed by atoms with Crippen LogP contribution in [0.15, 0.2) is 17.0 Å². The van der Waals surface area contributed by atoms with Crippen molar-refractivity contribution < 1.29 is 8.42 Å². The van der Waals surface area contributed by atoms with E-state index in [2.05, 4.69) is 0 Å². The Kier molecular flexibility index (Phi) is 3.84. The summed E-state index contributed by atoms with van der Waals surface area (Å²) in [4.78, 5) is 0.191. The first-order chi connectivity index (χ1) is 7.67. The normalized spacial score (nSPS) is 12.4. The predicted molar refractivity (Wildman–Crippen MR) is 70.4 cm³/mol. The quantitative estimate of drug-likeness (QED) is 0.840. The van der Waals surface area contributed by atoms with Crippen LogP contribution >= 0.6 is 0 Å². The van der Waals surface area contributed by atoms with Crippen molar-refractivity contribution in [2.24, 2.45) is 0 Å². The van der Waals surface area contributed by atoms with Crippen LogP contribution in [0.5, 0.6) is 0 Å². The molecule has 1 aromatic rings. The molecule has 0 aliphatic carbocycles. The number of nitrogen functional groups attached to an aromatic ring is 1. The Morgan fingerprint density at radius 3 is 2.12 bits per heavy atom. The highest BCUT2D eigenvalue weighted by molar-refractivity contribution is 7.89. The van der Waals surface area contributed by atoms with E-state index < -0.39 is 10.0 Å². The molecule has 0 saturated carbocycles. The predicted octanol–water partition coefficient (Wildman–Crippen LogP) is 1.91. The molecule has 17 heavy (non-hydrogen) atoms. The van der Waals surface area contributed by atoms with Gasteiger partial charge >= 0.3 is 0 Å². The van der Waals surface area contributed by atoms with E-state index in [-0.39, 0.29) is 10.9 Å². The molecule has 0 aliphatic heterocycles. The van der Waals surface area contributed by atoms with E-state index in [1.807, 2.05) is 27.7 Å². The Bertz CT molecular complexity index is 522. The fourth-order valence-electron chi connectivity index (χ4n) is 1.47. The third-order valence-electron chi connectivity index (χ3n) is 3.01. The summed E-state index contributed by atoms with van der Waals surface area (Å²) in [5.74, 6) is 0. The summed E-state index contributed by atoms with van der Waals surface area (Å²) in [6.07, 6.45) is 0. The fraction of sp³-hybridized carbons (Fsp3) is 0.500. The maximum absolute atomic E-state index is 12.3.